The minimum atomic E-state index is -0.531. The number of alkyl halides is 1. The molecule has 0 saturated heterocycles. The van der Waals surface area contributed by atoms with Gasteiger partial charge in [0.2, 0.25) is 0 Å². The van der Waals surface area contributed by atoms with Crippen molar-refractivity contribution < 1.29 is 4.79 Å². The van der Waals surface area contributed by atoms with Crippen LogP contribution in [0.4, 0.5) is 0 Å². The van der Waals surface area contributed by atoms with E-state index < -0.39 is 5.41 Å². The first-order valence-electron chi connectivity index (χ1n) is 3.68. The Morgan fingerprint density at radius 3 is 2.67 bits per heavy atom. The Hall–Kier alpha value is -0.270. The van der Waals surface area contributed by atoms with Gasteiger partial charge in [0, 0.05) is 10.4 Å². The van der Waals surface area contributed by atoms with Gasteiger partial charge < -0.3 is 0 Å². The van der Waals surface area contributed by atoms with Gasteiger partial charge in [-0.05, 0) is 19.9 Å². The molecule has 3 heteroatoms. The van der Waals surface area contributed by atoms with Crippen LogP contribution < -0.4 is 0 Å². The quantitative estimate of drug-likeness (QED) is 0.555. The van der Waals surface area contributed by atoms with Gasteiger partial charge in [-0.1, -0.05) is 23.8 Å². The van der Waals surface area contributed by atoms with Gasteiger partial charge >= 0.3 is 0 Å². The molecule has 12 heavy (non-hydrogen) atoms. The number of hydrogen-bond acceptors (Lipinski definition) is 1. The van der Waals surface area contributed by atoms with Gasteiger partial charge in [0.05, 0.1) is 5.38 Å². The molecule has 0 aromatic rings. The third-order valence-electron chi connectivity index (χ3n) is 1.81. The lowest BCUT2D eigenvalue weighted by Crippen LogP contribution is -2.18. The summed E-state index contributed by atoms with van der Waals surface area (Å²) < 4.78 is 0. The van der Waals surface area contributed by atoms with Crippen LogP contribution in [0.3, 0.4) is 0 Å². The number of allylic oxidation sites excluding steroid dienone is 4. The molecule has 0 bridgehead atoms. The van der Waals surface area contributed by atoms with E-state index in [9.17, 15) is 4.79 Å². The van der Waals surface area contributed by atoms with E-state index in [2.05, 4.69) is 0 Å². The second-order valence-corrected chi connectivity index (χ2v) is 4.28. The number of rotatable bonds is 0. The molecular formula is C9H10Cl2O. The van der Waals surface area contributed by atoms with Gasteiger partial charge in [0.1, 0.15) is 0 Å². The Bertz CT molecular complexity index is 264. The summed E-state index contributed by atoms with van der Waals surface area (Å²) in [7, 11) is 0. The fourth-order valence-electron chi connectivity index (χ4n) is 0.974. The van der Waals surface area contributed by atoms with Crippen LogP contribution in [0.15, 0.2) is 23.3 Å². The topological polar surface area (TPSA) is 17.1 Å². The largest absolute Gasteiger partial charge is 0.294 e. The molecule has 1 aliphatic carbocycles. The Morgan fingerprint density at radius 1 is 1.50 bits per heavy atom. The van der Waals surface area contributed by atoms with Crippen LogP contribution in [0.1, 0.15) is 13.8 Å². The summed E-state index contributed by atoms with van der Waals surface area (Å²) in [6, 6.07) is 0. The molecule has 0 aromatic heterocycles. The van der Waals surface area contributed by atoms with Gasteiger partial charge in [-0.2, -0.15) is 0 Å². The normalized spacial score (nSPS) is 28.2. The van der Waals surface area contributed by atoms with Crippen LogP contribution in [0, 0.1) is 5.41 Å². The summed E-state index contributed by atoms with van der Waals surface area (Å²) in [6.07, 6.45) is 4.80. The lowest BCUT2D eigenvalue weighted by molar-refractivity contribution is -0.120. The number of carbonyl (C=O) groups excluding carboxylic acids is 1. The Balaban J connectivity index is 3.09. The van der Waals surface area contributed by atoms with Gasteiger partial charge in [-0.15, -0.1) is 11.6 Å². The fraction of sp³-hybridized carbons (Fsp3) is 0.444. The van der Waals surface area contributed by atoms with E-state index in [1.54, 1.807) is 12.2 Å². The first-order chi connectivity index (χ1) is 5.43. The lowest BCUT2D eigenvalue weighted by atomic mass is 9.88. The van der Waals surface area contributed by atoms with Crippen molar-refractivity contribution in [1.29, 1.82) is 0 Å². The Morgan fingerprint density at radius 2 is 2.08 bits per heavy atom. The van der Waals surface area contributed by atoms with Crippen LogP contribution in [-0.4, -0.2) is 11.2 Å². The Labute approximate surface area is 82.0 Å². The van der Waals surface area contributed by atoms with Crippen molar-refractivity contribution in [3.8, 4) is 0 Å². The maximum atomic E-state index is 11.4. The molecular weight excluding hydrogens is 195 g/mol. The minimum absolute atomic E-state index is 0.0313. The van der Waals surface area contributed by atoms with E-state index in [-0.39, 0.29) is 11.2 Å². The molecule has 0 fully saturated rings. The zero-order valence-corrected chi connectivity index (χ0v) is 8.49. The Kier molecular flexibility index (Phi) is 2.64. The molecule has 0 spiro atoms. The second-order valence-electron chi connectivity index (χ2n) is 3.38. The van der Waals surface area contributed by atoms with E-state index in [1.807, 2.05) is 13.8 Å². The summed E-state index contributed by atoms with van der Waals surface area (Å²) in [4.78, 5) is 11.4. The zero-order chi connectivity index (χ0) is 9.35. The van der Waals surface area contributed by atoms with E-state index in [4.69, 9.17) is 23.2 Å². The van der Waals surface area contributed by atoms with Crippen molar-refractivity contribution in [2.24, 2.45) is 5.41 Å². The third-order valence-corrected chi connectivity index (χ3v) is 2.65. The van der Waals surface area contributed by atoms with E-state index in [0.717, 1.165) is 0 Å². The maximum absolute atomic E-state index is 11.4. The molecule has 0 aromatic carbocycles. The summed E-state index contributed by atoms with van der Waals surface area (Å²) in [5, 5.41) is 0.154. The lowest BCUT2D eigenvalue weighted by Gasteiger charge is -2.15. The number of carbonyl (C=O) groups is 1. The van der Waals surface area contributed by atoms with Crippen molar-refractivity contribution in [2.75, 3.05) is 0 Å². The van der Waals surface area contributed by atoms with Crippen molar-refractivity contribution in [2.45, 2.75) is 19.2 Å². The fourth-order valence-corrected chi connectivity index (χ4v) is 1.46. The van der Waals surface area contributed by atoms with Crippen LogP contribution >= 0.6 is 23.2 Å². The highest BCUT2D eigenvalue weighted by Gasteiger charge is 2.26. The molecule has 1 unspecified atom stereocenters. The van der Waals surface area contributed by atoms with Crippen molar-refractivity contribution in [3.63, 3.8) is 0 Å². The second kappa shape index (κ2) is 3.23. The highest BCUT2D eigenvalue weighted by molar-refractivity contribution is 6.38. The SMILES string of the molecule is CC1(C)C=C(Cl)C(Cl)C=CC1=O. The van der Waals surface area contributed by atoms with E-state index in [0.29, 0.717) is 5.03 Å². The van der Waals surface area contributed by atoms with Gasteiger partial charge in [-0.3, -0.25) is 4.79 Å². The van der Waals surface area contributed by atoms with Gasteiger partial charge in [0.25, 0.3) is 0 Å². The van der Waals surface area contributed by atoms with Gasteiger partial charge in [-0.25, -0.2) is 0 Å². The molecule has 0 N–H and O–H groups in total. The maximum Gasteiger partial charge on any atom is 0.164 e. The van der Waals surface area contributed by atoms with E-state index in [1.165, 1.54) is 6.08 Å². The molecule has 1 nitrogen and oxygen atoms in total. The summed E-state index contributed by atoms with van der Waals surface area (Å²) in [5.74, 6) is 0.0313. The summed E-state index contributed by atoms with van der Waals surface area (Å²) >= 11 is 11.7. The predicted octanol–water partition coefficient (Wildman–Crippen LogP) is 2.88. The molecule has 0 radical (unpaired) electrons. The molecule has 0 aliphatic heterocycles. The molecule has 0 saturated carbocycles. The van der Waals surface area contributed by atoms with Gasteiger partial charge in [0.15, 0.2) is 5.78 Å². The highest BCUT2D eigenvalue weighted by atomic mass is 35.5. The molecule has 1 aliphatic rings. The zero-order valence-electron chi connectivity index (χ0n) is 6.97. The molecule has 0 amide bonds. The molecule has 66 valence electrons. The minimum Gasteiger partial charge on any atom is -0.294 e. The average Bonchev–Trinajstić information content (AvgIpc) is 2.03. The third kappa shape index (κ3) is 1.90. The predicted molar refractivity (Wildman–Crippen MR) is 51.5 cm³/mol. The van der Waals surface area contributed by atoms with E-state index >= 15 is 0 Å². The van der Waals surface area contributed by atoms with Crippen molar-refractivity contribution >= 4 is 29.0 Å². The summed E-state index contributed by atoms with van der Waals surface area (Å²) in [6.45, 7) is 3.63. The number of halogens is 2. The van der Waals surface area contributed by atoms with Crippen LogP contribution in [-0.2, 0) is 4.79 Å². The van der Waals surface area contributed by atoms with Crippen LogP contribution in [0.25, 0.3) is 0 Å². The highest BCUT2D eigenvalue weighted by Crippen LogP contribution is 2.29. The standard InChI is InChI=1S/C9H10Cl2O/c1-9(2)5-7(11)6(10)3-4-8(9)12/h3-6H,1-2H3. The van der Waals surface area contributed by atoms with Crippen LogP contribution in [0.2, 0.25) is 0 Å². The molecule has 0 heterocycles. The smallest absolute Gasteiger partial charge is 0.164 e. The first kappa shape index (κ1) is 9.82. The number of ketones is 1. The van der Waals surface area contributed by atoms with Crippen molar-refractivity contribution in [1.82, 2.24) is 0 Å². The molecule has 1 atom stereocenters. The average molecular weight is 205 g/mol. The number of hydrogen-bond donors (Lipinski definition) is 0. The molecule has 1 rings (SSSR count). The monoisotopic (exact) mass is 204 g/mol. The van der Waals surface area contributed by atoms with Crippen molar-refractivity contribution in [3.05, 3.63) is 23.3 Å². The summed E-state index contributed by atoms with van der Waals surface area (Å²) in [5.41, 5.74) is -0.531. The first-order valence-corrected chi connectivity index (χ1v) is 4.50. The van der Waals surface area contributed by atoms with Crippen LogP contribution in [0.5, 0.6) is 0 Å².